The summed E-state index contributed by atoms with van der Waals surface area (Å²) in [5.74, 6) is 0.905. The first kappa shape index (κ1) is 25.0. The third-order valence-electron chi connectivity index (χ3n) is 4.31. The Morgan fingerprint density at radius 1 is 1.04 bits per heavy atom. The van der Waals surface area contributed by atoms with Crippen molar-refractivity contribution >= 4 is 22.6 Å². The van der Waals surface area contributed by atoms with Gasteiger partial charge in [0.25, 0.3) is 0 Å². The van der Waals surface area contributed by atoms with E-state index in [0.717, 1.165) is 0 Å². The van der Waals surface area contributed by atoms with E-state index in [4.69, 9.17) is 23.7 Å². The van der Waals surface area contributed by atoms with E-state index >= 15 is 0 Å². The Hall–Kier alpha value is -1.04. The first-order valence-corrected chi connectivity index (χ1v) is 17.0. The standard InChI is InChI=1S/C19H39N3O4Si2/c1-12-19(5,18(23)24-13-2)22-17(15(4)26-28(9,10)11)20-16(21-22)14(3)25-27(6,7)8/h14-15H,12-13H2,1-11H3/t14-,15-,19?/m0/s1. The quantitative estimate of drug-likeness (QED) is 0.393. The highest BCUT2D eigenvalue weighted by molar-refractivity contribution is 6.70. The molecule has 0 saturated carbocycles. The number of nitrogens with zero attached hydrogens (tertiary/aromatic N) is 3. The van der Waals surface area contributed by atoms with E-state index in [1.54, 1.807) is 4.68 Å². The summed E-state index contributed by atoms with van der Waals surface area (Å²) in [6.45, 7) is 22.6. The monoisotopic (exact) mass is 429 g/mol. The van der Waals surface area contributed by atoms with Gasteiger partial charge in [-0.3, -0.25) is 0 Å². The summed E-state index contributed by atoms with van der Waals surface area (Å²) in [7, 11) is -3.59. The predicted octanol–water partition coefficient (Wildman–Crippen LogP) is 4.79. The van der Waals surface area contributed by atoms with Crippen molar-refractivity contribution in [1.82, 2.24) is 14.8 Å². The summed E-state index contributed by atoms with van der Waals surface area (Å²) in [6, 6.07) is 0. The molecule has 28 heavy (non-hydrogen) atoms. The lowest BCUT2D eigenvalue weighted by molar-refractivity contribution is -0.154. The molecule has 0 aromatic carbocycles. The van der Waals surface area contributed by atoms with Crippen LogP contribution in [0.25, 0.3) is 0 Å². The van der Waals surface area contributed by atoms with Crippen LogP contribution in [0.1, 0.15) is 64.9 Å². The smallest absolute Gasteiger partial charge is 0.333 e. The molecule has 1 aromatic rings. The molecular formula is C19H39N3O4Si2. The minimum absolute atomic E-state index is 0.256. The molecule has 1 rings (SSSR count). The number of carbonyl (C=O) groups is 1. The van der Waals surface area contributed by atoms with E-state index in [1.807, 2.05) is 34.6 Å². The van der Waals surface area contributed by atoms with E-state index < -0.39 is 22.2 Å². The van der Waals surface area contributed by atoms with Crippen LogP contribution in [0, 0.1) is 0 Å². The Morgan fingerprint density at radius 3 is 1.96 bits per heavy atom. The van der Waals surface area contributed by atoms with Gasteiger partial charge in [-0.25, -0.2) is 14.5 Å². The molecule has 0 amide bonds. The number of carbonyl (C=O) groups excluding carboxylic acids is 1. The molecule has 0 N–H and O–H groups in total. The lowest BCUT2D eigenvalue weighted by atomic mass is 9.99. The van der Waals surface area contributed by atoms with Crippen molar-refractivity contribution in [2.75, 3.05) is 6.61 Å². The van der Waals surface area contributed by atoms with E-state index in [2.05, 4.69) is 39.3 Å². The Labute approximate surface area is 172 Å². The molecule has 162 valence electrons. The van der Waals surface area contributed by atoms with Gasteiger partial charge < -0.3 is 13.6 Å². The highest BCUT2D eigenvalue weighted by Gasteiger charge is 2.41. The lowest BCUT2D eigenvalue weighted by Gasteiger charge is -2.30. The molecule has 0 radical (unpaired) electrons. The molecule has 0 aliphatic rings. The molecule has 3 atom stereocenters. The summed E-state index contributed by atoms with van der Waals surface area (Å²) in [6.07, 6.45) is -0.00812. The third-order valence-corrected chi connectivity index (χ3v) is 6.43. The van der Waals surface area contributed by atoms with Gasteiger partial charge in [0.05, 0.1) is 6.61 Å². The number of hydrogen-bond acceptors (Lipinski definition) is 6. The van der Waals surface area contributed by atoms with Gasteiger partial charge in [-0.2, -0.15) is 5.10 Å². The maximum Gasteiger partial charge on any atom is 0.333 e. The van der Waals surface area contributed by atoms with Gasteiger partial charge in [-0.1, -0.05) is 6.92 Å². The predicted molar refractivity (Wildman–Crippen MR) is 116 cm³/mol. The summed E-state index contributed by atoms with van der Waals surface area (Å²) < 4.78 is 19.5. The van der Waals surface area contributed by atoms with Crippen LogP contribution in [0.2, 0.25) is 39.3 Å². The third kappa shape index (κ3) is 6.50. The molecule has 1 aromatic heterocycles. The second kappa shape index (κ2) is 9.19. The Morgan fingerprint density at radius 2 is 1.54 bits per heavy atom. The van der Waals surface area contributed by atoms with Gasteiger partial charge in [-0.05, 0) is 73.4 Å². The Bertz CT molecular complexity index is 667. The van der Waals surface area contributed by atoms with Gasteiger partial charge in [0.1, 0.15) is 12.2 Å². The summed E-state index contributed by atoms with van der Waals surface area (Å²) in [5, 5.41) is 4.73. The van der Waals surface area contributed by atoms with Crippen LogP contribution < -0.4 is 0 Å². The number of ether oxygens (including phenoxy) is 1. The topological polar surface area (TPSA) is 75.5 Å². The van der Waals surface area contributed by atoms with Crippen LogP contribution in [0.5, 0.6) is 0 Å². The molecule has 1 heterocycles. The fourth-order valence-corrected chi connectivity index (χ4v) is 5.30. The molecule has 0 aliphatic heterocycles. The largest absolute Gasteiger partial charge is 0.464 e. The second-order valence-corrected chi connectivity index (χ2v) is 18.3. The van der Waals surface area contributed by atoms with Crippen LogP contribution >= 0.6 is 0 Å². The maximum absolute atomic E-state index is 12.8. The van der Waals surface area contributed by atoms with Crippen LogP contribution in [0.4, 0.5) is 0 Å². The van der Waals surface area contributed by atoms with E-state index in [0.29, 0.717) is 24.7 Å². The summed E-state index contributed by atoms with van der Waals surface area (Å²) in [5.41, 5.74) is -0.952. The molecule has 0 aliphatic carbocycles. The van der Waals surface area contributed by atoms with Crippen molar-refractivity contribution in [2.24, 2.45) is 0 Å². The first-order valence-electron chi connectivity index (χ1n) is 10.1. The highest BCUT2D eigenvalue weighted by atomic mass is 28.4. The first-order chi connectivity index (χ1) is 12.6. The molecule has 7 nitrogen and oxygen atoms in total. The molecule has 0 saturated heterocycles. The SMILES string of the molecule is CCOC(=O)C(C)(CC)n1nc([C@H](C)O[Si](C)(C)C)nc1[C@H](C)O[Si](C)(C)C. The number of aromatic nitrogens is 3. The number of hydrogen-bond donors (Lipinski definition) is 0. The summed E-state index contributed by atoms with van der Waals surface area (Å²) >= 11 is 0. The molecule has 0 fully saturated rings. The van der Waals surface area contributed by atoms with Gasteiger partial charge in [0.15, 0.2) is 33.8 Å². The lowest BCUT2D eigenvalue weighted by Crippen LogP contribution is -2.42. The van der Waals surface area contributed by atoms with Gasteiger partial charge >= 0.3 is 5.97 Å². The van der Waals surface area contributed by atoms with E-state index in [-0.39, 0.29) is 18.2 Å². The van der Waals surface area contributed by atoms with Crippen LogP contribution in [-0.4, -0.2) is 44.0 Å². The molecule has 1 unspecified atom stereocenters. The zero-order valence-corrected chi connectivity index (χ0v) is 21.5. The van der Waals surface area contributed by atoms with Crippen molar-refractivity contribution in [3.8, 4) is 0 Å². The van der Waals surface area contributed by atoms with Crippen LogP contribution in [-0.2, 0) is 23.9 Å². The molecule has 0 bridgehead atoms. The normalized spacial score (nSPS) is 17.1. The fraction of sp³-hybridized carbons (Fsp3) is 0.842. The maximum atomic E-state index is 12.8. The fourth-order valence-electron chi connectivity index (χ4n) is 2.97. The van der Waals surface area contributed by atoms with Gasteiger partial charge in [-0.15, -0.1) is 0 Å². The Kier molecular flexibility index (Phi) is 8.20. The van der Waals surface area contributed by atoms with E-state index in [1.165, 1.54) is 0 Å². The zero-order valence-electron chi connectivity index (χ0n) is 19.5. The molecular weight excluding hydrogens is 390 g/mol. The van der Waals surface area contributed by atoms with Crippen molar-refractivity contribution in [1.29, 1.82) is 0 Å². The average molecular weight is 430 g/mol. The average Bonchev–Trinajstić information content (AvgIpc) is 2.97. The minimum Gasteiger partial charge on any atom is -0.464 e. The van der Waals surface area contributed by atoms with Crippen molar-refractivity contribution in [3.63, 3.8) is 0 Å². The molecule has 9 heteroatoms. The minimum atomic E-state index is -1.82. The van der Waals surface area contributed by atoms with Crippen molar-refractivity contribution in [3.05, 3.63) is 11.6 Å². The highest BCUT2D eigenvalue weighted by Crippen LogP contribution is 2.31. The van der Waals surface area contributed by atoms with Crippen LogP contribution in [0.15, 0.2) is 0 Å². The van der Waals surface area contributed by atoms with Crippen molar-refractivity contribution in [2.45, 2.75) is 98.1 Å². The van der Waals surface area contributed by atoms with Gasteiger partial charge in [0.2, 0.25) is 0 Å². The van der Waals surface area contributed by atoms with Crippen LogP contribution in [0.3, 0.4) is 0 Å². The number of esters is 1. The Balaban J connectivity index is 3.47. The van der Waals surface area contributed by atoms with Crippen molar-refractivity contribution < 1.29 is 18.4 Å². The second-order valence-electron chi connectivity index (χ2n) is 9.33. The van der Waals surface area contributed by atoms with E-state index in [9.17, 15) is 4.79 Å². The summed E-state index contributed by atoms with van der Waals surface area (Å²) in [4.78, 5) is 17.6. The van der Waals surface area contributed by atoms with Gasteiger partial charge in [0, 0.05) is 0 Å². The zero-order chi connectivity index (χ0) is 21.9. The number of rotatable bonds is 10. The molecule has 0 spiro atoms.